The standard InChI is InChI=1S/C11H11ClN2O/c1-8-2-3-9(7-13-8)11-6-10(4-5-12)15-14-11/h2-3,6-7H,4-5H2,1H3. The van der Waals surface area contributed by atoms with Gasteiger partial charge in [0.1, 0.15) is 11.5 Å². The van der Waals surface area contributed by atoms with Crippen LogP contribution in [-0.2, 0) is 6.42 Å². The van der Waals surface area contributed by atoms with Crippen molar-refractivity contribution in [2.75, 3.05) is 5.88 Å². The summed E-state index contributed by atoms with van der Waals surface area (Å²) in [6, 6.07) is 5.82. The van der Waals surface area contributed by atoms with Gasteiger partial charge in [-0.15, -0.1) is 11.6 Å². The van der Waals surface area contributed by atoms with Crippen molar-refractivity contribution in [3.63, 3.8) is 0 Å². The van der Waals surface area contributed by atoms with E-state index >= 15 is 0 Å². The van der Waals surface area contributed by atoms with E-state index in [1.807, 2.05) is 25.1 Å². The number of hydrogen-bond acceptors (Lipinski definition) is 3. The highest BCUT2D eigenvalue weighted by molar-refractivity contribution is 6.17. The Bertz CT molecular complexity index is 436. The molecule has 0 atom stereocenters. The smallest absolute Gasteiger partial charge is 0.138 e. The van der Waals surface area contributed by atoms with Gasteiger partial charge in [-0.05, 0) is 19.1 Å². The van der Waals surface area contributed by atoms with Crippen molar-refractivity contribution in [3.05, 3.63) is 35.9 Å². The Morgan fingerprint density at radius 1 is 1.40 bits per heavy atom. The molecule has 2 aromatic rings. The predicted molar refractivity (Wildman–Crippen MR) is 58.9 cm³/mol. The number of pyridine rings is 1. The Morgan fingerprint density at radius 2 is 2.27 bits per heavy atom. The zero-order chi connectivity index (χ0) is 10.7. The lowest BCUT2D eigenvalue weighted by molar-refractivity contribution is 0.389. The lowest BCUT2D eigenvalue weighted by Crippen LogP contribution is -1.82. The Balaban J connectivity index is 2.25. The Morgan fingerprint density at radius 3 is 2.93 bits per heavy atom. The van der Waals surface area contributed by atoms with Crippen LogP contribution >= 0.6 is 11.6 Å². The van der Waals surface area contributed by atoms with E-state index < -0.39 is 0 Å². The summed E-state index contributed by atoms with van der Waals surface area (Å²) in [6.07, 6.45) is 2.49. The summed E-state index contributed by atoms with van der Waals surface area (Å²) >= 11 is 5.61. The second-order valence-electron chi connectivity index (χ2n) is 3.31. The number of halogens is 1. The lowest BCUT2D eigenvalue weighted by Gasteiger charge is -1.94. The van der Waals surface area contributed by atoms with Gasteiger partial charge >= 0.3 is 0 Å². The van der Waals surface area contributed by atoms with Gasteiger partial charge in [0.2, 0.25) is 0 Å². The summed E-state index contributed by atoms with van der Waals surface area (Å²) in [5.41, 5.74) is 2.76. The summed E-state index contributed by atoms with van der Waals surface area (Å²) in [5, 5.41) is 3.96. The molecule has 0 N–H and O–H groups in total. The Kier molecular flexibility index (Phi) is 3.02. The van der Waals surface area contributed by atoms with Gasteiger partial charge in [0.05, 0.1) is 0 Å². The van der Waals surface area contributed by atoms with Gasteiger partial charge < -0.3 is 4.52 Å². The molecule has 0 aliphatic carbocycles. The maximum Gasteiger partial charge on any atom is 0.138 e. The van der Waals surface area contributed by atoms with E-state index in [9.17, 15) is 0 Å². The molecule has 0 spiro atoms. The van der Waals surface area contributed by atoms with E-state index in [0.29, 0.717) is 12.3 Å². The fourth-order valence-electron chi connectivity index (χ4n) is 1.28. The number of nitrogens with zero attached hydrogens (tertiary/aromatic N) is 2. The maximum absolute atomic E-state index is 5.61. The third kappa shape index (κ3) is 2.36. The van der Waals surface area contributed by atoms with E-state index in [1.165, 1.54) is 0 Å². The molecule has 4 heteroatoms. The van der Waals surface area contributed by atoms with E-state index in [2.05, 4.69) is 10.1 Å². The van der Waals surface area contributed by atoms with Gasteiger partial charge in [-0.25, -0.2) is 0 Å². The molecule has 3 nitrogen and oxygen atoms in total. The first-order chi connectivity index (χ1) is 7.29. The molecule has 0 radical (unpaired) electrons. The zero-order valence-electron chi connectivity index (χ0n) is 8.40. The minimum Gasteiger partial charge on any atom is -0.361 e. The fraction of sp³-hybridized carbons (Fsp3) is 0.273. The van der Waals surface area contributed by atoms with Crippen LogP contribution in [0.15, 0.2) is 28.9 Å². The zero-order valence-corrected chi connectivity index (χ0v) is 9.16. The molecule has 0 aliphatic rings. The van der Waals surface area contributed by atoms with E-state index in [0.717, 1.165) is 22.7 Å². The van der Waals surface area contributed by atoms with E-state index in [1.54, 1.807) is 6.20 Å². The van der Waals surface area contributed by atoms with Gasteiger partial charge in [0.25, 0.3) is 0 Å². The molecular formula is C11H11ClN2O. The highest BCUT2D eigenvalue weighted by Gasteiger charge is 2.05. The fourth-order valence-corrected chi connectivity index (χ4v) is 1.47. The topological polar surface area (TPSA) is 38.9 Å². The lowest BCUT2D eigenvalue weighted by atomic mass is 10.2. The van der Waals surface area contributed by atoms with Crippen LogP contribution in [0.4, 0.5) is 0 Å². The number of alkyl halides is 1. The normalized spacial score (nSPS) is 10.5. The van der Waals surface area contributed by atoms with Crippen LogP contribution in [0.2, 0.25) is 0 Å². The molecule has 0 saturated heterocycles. The van der Waals surface area contributed by atoms with Gasteiger partial charge in [-0.2, -0.15) is 0 Å². The molecule has 0 aliphatic heterocycles. The molecule has 0 fully saturated rings. The predicted octanol–water partition coefficient (Wildman–Crippen LogP) is 2.83. The Hall–Kier alpha value is -1.35. The number of hydrogen-bond donors (Lipinski definition) is 0. The van der Waals surface area contributed by atoms with Gasteiger partial charge in [-0.1, -0.05) is 5.16 Å². The number of aryl methyl sites for hydroxylation is 2. The van der Waals surface area contributed by atoms with Crippen LogP contribution in [-0.4, -0.2) is 16.0 Å². The Labute approximate surface area is 93.1 Å². The average Bonchev–Trinajstić information content (AvgIpc) is 2.68. The highest BCUT2D eigenvalue weighted by Crippen LogP contribution is 2.18. The highest BCUT2D eigenvalue weighted by atomic mass is 35.5. The first-order valence-corrected chi connectivity index (χ1v) is 5.27. The van der Waals surface area contributed by atoms with Gasteiger partial charge in [-0.3, -0.25) is 4.98 Å². The molecule has 0 aromatic carbocycles. The largest absolute Gasteiger partial charge is 0.361 e. The van der Waals surface area contributed by atoms with Crippen LogP contribution in [0, 0.1) is 6.92 Å². The van der Waals surface area contributed by atoms with E-state index in [-0.39, 0.29) is 0 Å². The van der Waals surface area contributed by atoms with Crippen molar-refractivity contribution < 1.29 is 4.52 Å². The minimum atomic E-state index is 0.542. The molecule has 0 amide bonds. The molecular weight excluding hydrogens is 212 g/mol. The molecule has 2 heterocycles. The van der Waals surface area contributed by atoms with Crippen LogP contribution in [0.1, 0.15) is 11.5 Å². The summed E-state index contributed by atoms with van der Waals surface area (Å²) in [7, 11) is 0. The summed E-state index contributed by atoms with van der Waals surface area (Å²) < 4.78 is 5.13. The minimum absolute atomic E-state index is 0.542. The molecule has 2 rings (SSSR count). The van der Waals surface area contributed by atoms with Crippen molar-refractivity contribution >= 4 is 11.6 Å². The molecule has 78 valence electrons. The van der Waals surface area contributed by atoms with Gasteiger partial charge in [0.15, 0.2) is 0 Å². The number of rotatable bonds is 3. The third-order valence-corrected chi connectivity index (χ3v) is 2.30. The second-order valence-corrected chi connectivity index (χ2v) is 3.68. The molecule has 0 saturated carbocycles. The number of aromatic nitrogens is 2. The summed E-state index contributed by atoms with van der Waals surface area (Å²) in [5.74, 6) is 1.35. The third-order valence-electron chi connectivity index (χ3n) is 2.11. The quantitative estimate of drug-likeness (QED) is 0.750. The van der Waals surface area contributed by atoms with Crippen molar-refractivity contribution in [1.82, 2.24) is 10.1 Å². The van der Waals surface area contributed by atoms with Crippen LogP contribution in [0.5, 0.6) is 0 Å². The SMILES string of the molecule is Cc1ccc(-c2cc(CCCl)on2)cn1. The van der Waals surface area contributed by atoms with Crippen molar-refractivity contribution in [2.45, 2.75) is 13.3 Å². The van der Waals surface area contributed by atoms with Gasteiger partial charge in [0, 0.05) is 35.8 Å². The van der Waals surface area contributed by atoms with Crippen molar-refractivity contribution in [2.24, 2.45) is 0 Å². The first kappa shape index (κ1) is 10.2. The molecule has 15 heavy (non-hydrogen) atoms. The van der Waals surface area contributed by atoms with Crippen LogP contribution in [0.25, 0.3) is 11.3 Å². The second kappa shape index (κ2) is 4.45. The summed E-state index contributed by atoms with van der Waals surface area (Å²) in [4.78, 5) is 4.20. The molecule has 0 unspecified atom stereocenters. The molecule has 0 bridgehead atoms. The monoisotopic (exact) mass is 222 g/mol. The first-order valence-electron chi connectivity index (χ1n) is 4.74. The molecule has 2 aromatic heterocycles. The van der Waals surface area contributed by atoms with E-state index in [4.69, 9.17) is 16.1 Å². The van der Waals surface area contributed by atoms with Crippen molar-refractivity contribution in [1.29, 1.82) is 0 Å². The summed E-state index contributed by atoms with van der Waals surface area (Å²) in [6.45, 7) is 1.95. The van der Waals surface area contributed by atoms with Crippen LogP contribution in [0.3, 0.4) is 0 Å². The van der Waals surface area contributed by atoms with Crippen LogP contribution < -0.4 is 0 Å². The maximum atomic E-state index is 5.61. The average molecular weight is 223 g/mol. The van der Waals surface area contributed by atoms with Crippen molar-refractivity contribution in [3.8, 4) is 11.3 Å².